The van der Waals surface area contributed by atoms with Crippen LogP contribution in [-0.4, -0.2) is 32.4 Å². The van der Waals surface area contributed by atoms with Crippen molar-refractivity contribution >= 4 is 33.0 Å². The molecule has 2 aromatic carbocycles. The zero-order valence-electron chi connectivity index (χ0n) is 15.6. The number of hydrogen-bond acceptors (Lipinski definition) is 4. The molecule has 1 heterocycles. The second-order valence-electron chi connectivity index (χ2n) is 6.83. The number of rotatable bonds is 6. The Morgan fingerprint density at radius 2 is 1.64 bits per heavy atom. The van der Waals surface area contributed by atoms with E-state index in [0.717, 1.165) is 23.2 Å². The second-order valence-corrected chi connectivity index (χ2v) is 9.66. The highest BCUT2D eigenvalue weighted by Gasteiger charge is 2.16. The molecule has 0 amide bonds. The summed E-state index contributed by atoms with van der Waals surface area (Å²) in [5.74, 6) is -0.0480. The summed E-state index contributed by atoms with van der Waals surface area (Å²) < 4.78 is 25.6. The minimum atomic E-state index is -3.46. The van der Waals surface area contributed by atoms with E-state index in [1.165, 1.54) is 6.20 Å². The molecule has 146 valence electrons. The number of hydrogen-bond donors (Lipinski definition) is 0. The van der Waals surface area contributed by atoms with Gasteiger partial charge >= 0.3 is 0 Å². The second kappa shape index (κ2) is 8.62. The Hall–Kier alpha value is -1.92. The fraction of sp³-hybridized carbons (Fsp3) is 0.190. The average Bonchev–Trinajstić information content (AvgIpc) is 2.61. The molecule has 0 unspecified atom stereocenters. The molecule has 0 spiro atoms. The van der Waals surface area contributed by atoms with E-state index in [4.69, 9.17) is 23.2 Å². The molecule has 0 aliphatic rings. The van der Waals surface area contributed by atoms with Gasteiger partial charge in [-0.25, -0.2) is 8.42 Å². The van der Waals surface area contributed by atoms with Crippen LogP contribution >= 0.6 is 23.2 Å². The zero-order valence-corrected chi connectivity index (χ0v) is 17.9. The van der Waals surface area contributed by atoms with Crippen molar-refractivity contribution in [1.82, 2.24) is 9.88 Å². The Morgan fingerprint density at radius 3 is 2.29 bits per heavy atom. The maximum absolute atomic E-state index is 12.8. The molecule has 3 rings (SSSR count). The maximum Gasteiger partial charge on any atom is 0.182 e. The number of sulfone groups is 1. The van der Waals surface area contributed by atoms with Crippen LogP contribution in [0.5, 0.6) is 0 Å². The van der Waals surface area contributed by atoms with Gasteiger partial charge in [-0.1, -0.05) is 59.6 Å². The van der Waals surface area contributed by atoms with Crippen LogP contribution in [0.15, 0.2) is 65.7 Å². The molecule has 4 nitrogen and oxygen atoms in total. The first-order chi connectivity index (χ1) is 13.2. The Labute approximate surface area is 175 Å². The van der Waals surface area contributed by atoms with E-state index in [9.17, 15) is 8.42 Å². The van der Waals surface area contributed by atoms with Crippen molar-refractivity contribution in [3.05, 3.63) is 82.0 Å². The highest BCUT2D eigenvalue weighted by atomic mass is 35.5. The Bertz CT molecular complexity index is 1080. The Balaban J connectivity index is 1.83. The fourth-order valence-corrected chi connectivity index (χ4v) is 4.76. The molecule has 0 fully saturated rings. The first-order valence-electron chi connectivity index (χ1n) is 8.61. The van der Waals surface area contributed by atoms with Crippen molar-refractivity contribution in [3.8, 4) is 11.3 Å². The molecule has 3 aromatic rings. The van der Waals surface area contributed by atoms with E-state index in [-0.39, 0.29) is 10.6 Å². The first-order valence-corrected chi connectivity index (χ1v) is 11.0. The molecule has 1 aromatic heterocycles. The highest BCUT2D eigenvalue weighted by Crippen LogP contribution is 2.29. The van der Waals surface area contributed by atoms with Gasteiger partial charge < -0.3 is 4.90 Å². The van der Waals surface area contributed by atoms with Crippen LogP contribution < -0.4 is 0 Å². The number of halogens is 2. The minimum absolute atomic E-state index is 0.0480. The SMILES string of the molecule is CN(C)Cc1cccc(CS(=O)(=O)c2ccc(-c3ncc(Cl)cc3Cl)cc2)c1. The van der Waals surface area contributed by atoms with Gasteiger partial charge in [-0.2, -0.15) is 0 Å². The molecule has 0 N–H and O–H groups in total. The van der Waals surface area contributed by atoms with Crippen LogP contribution in [0.4, 0.5) is 0 Å². The van der Waals surface area contributed by atoms with Gasteiger partial charge in [-0.3, -0.25) is 4.98 Å². The number of pyridine rings is 1. The van der Waals surface area contributed by atoms with Gasteiger partial charge in [-0.05, 0) is 43.4 Å². The van der Waals surface area contributed by atoms with Gasteiger partial charge in [-0.15, -0.1) is 0 Å². The van der Waals surface area contributed by atoms with Crippen molar-refractivity contribution in [3.63, 3.8) is 0 Å². The third-order valence-corrected chi connectivity index (χ3v) is 6.34. The van der Waals surface area contributed by atoms with Crippen molar-refractivity contribution in [2.75, 3.05) is 14.1 Å². The van der Waals surface area contributed by atoms with Crippen LogP contribution in [-0.2, 0) is 22.1 Å². The summed E-state index contributed by atoms with van der Waals surface area (Å²) in [5.41, 5.74) is 3.14. The molecule has 28 heavy (non-hydrogen) atoms. The summed E-state index contributed by atoms with van der Waals surface area (Å²) in [6, 6.07) is 15.8. The molecule has 0 saturated carbocycles. The lowest BCUT2D eigenvalue weighted by Crippen LogP contribution is -2.11. The topological polar surface area (TPSA) is 50.3 Å². The van der Waals surface area contributed by atoms with Crippen LogP contribution in [0, 0.1) is 0 Å². The molecule has 0 saturated heterocycles. The lowest BCUT2D eigenvalue weighted by molar-refractivity contribution is 0.402. The van der Waals surface area contributed by atoms with E-state index in [0.29, 0.717) is 15.7 Å². The normalized spacial score (nSPS) is 11.8. The van der Waals surface area contributed by atoms with E-state index in [1.807, 2.05) is 43.3 Å². The van der Waals surface area contributed by atoms with Gasteiger partial charge in [0.05, 0.1) is 26.4 Å². The molecule has 0 aliphatic heterocycles. The third-order valence-electron chi connectivity index (χ3n) is 4.14. The summed E-state index contributed by atoms with van der Waals surface area (Å²) >= 11 is 12.1. The average molecular weight is 435 g/mol. The van der Waals surface area contributed by atoms with Crippen LogP contribution in [0.2, 0.25) is 10.0 Å². The van der Waals surface area contributed by atoms with Crippen molar-refractivity contribution in [2.24, 2.45) is 0 Å². The van der Waals surface area contributed by atoms with Gasteiger partial charge in [0.25, 0.3) is 0 Å². The summed E-state index contributed by atoms with van der Waals surface area (Å²) in [4.78, 5) is 6.53. The number of aromatic nitrogens is 1. The molecule has 7 heteroatoms. The van der Waals surface area contributed by atoms with E-state index in [1.54, 1.807) is 30.3 Å². The summed E-state index contributed by atoms with van der Waals surface area (Å²) in [5, 5.41) is 0.866. The van der Waals surface area contributed by atoms with Crippen molar-refractivity contribution < 1.29 is 8.42 Å². The largest absolute Gasteiger partial charge is 0.305 e. The lowest BCUT2D eigenvalue weighted by atomic mass is 10.1. The van der Waals surface area contributed by atoms with Gasteiger partial charge in [0.1, 0.15) is 0 Å². The fourth-order valence-electron chi connectivity index (χ4n) is 2.93. The third kappa shape index (κ3) is 5.11. The predicted octanol–water partition coefficient (Wildman–Crippen LogP) is 5.09. The first kappa shape index (κ1) is 20.8. The van der Waals surface area contributed by atoms with E-state index >= 15 is 0 Å². The van der Waals surface area contributed by atoms with Gasteiger partial charge in [0.2, 0.25) is 0 Å². The molecular weight excluding hydrogens is 415 g/mol. The smallest absolute Gasteiger partial charge is 0.182 e. The Morgan fingerprint density at radius 1 is 0.964 bits per heavy atom. The lowest BCUT2D eigenvalue weighted by Gasteiger charge is -2.11. The van der Waals surface area contributed by atoms with Crippen LogP contribution in [0.25, 0.3) is 11.3 Å². The standard InChI is InChI=1S/C21H20Cl2N2O2S/c1-25(2)13-15-4-3-5-16(10-15)14-28(26,27)19-8-6-17(7-9-19)21-20(23)11-18(22)12-24-21/h3-12H,13-14H2,1-2H3. The Kier molecular flexibility index (Phi) is 6.40. The van der Waals surface area contributed by atoms with E-state index < -0.39 is 9.84 Å². The van der Waals surface area contributed by atoms with Crippen LogP contribution in [0.3, 0.4) is 0 Å². The molecule has 0 bridgehead atoms. The number of benzene rings is 2. The zero-order chi connectivity index (χ0) is 20.3. The van der Waals surface area contributed by atoms with Crippen molar-refractivity contribution in [2.45, 2.75) is 17.2 Å². The predicted molar refractivity (Wildman–Crippen MR) is 114 cm³/mol. The molecule has 0 atom stereocenters. The summed E-state index contributed by atoms with van der Waals surface area (Å²) in [6.45, 7) is 0.761. The summed E-state index contributed by atoms with van der Waals surface area (Å²) in [7, 11) is 0.495. The molecular formula is C21H20Cl2N2O2S. The van der Waals surface area contributed by atoms with Gasteiger partial charge in [0.15, 0.2) is 9.84 Å². The minimum Gasteiger partial charge on any atom is -0.305 e. The summed E-state index contributed by atoms with van der Waals surface area (Å²) in [6.07, 6.45) is 1.51. The quantitative estimate of drug-likeness (QED) is 0.541. The monoisotopic (exact) mass is 434 g/mol. The maximum atomic E-state index is 12.8. The van der Waals surface area contributed by atoms with Crippen molar-refractivity contribution in [1.29, 1.82) is 0 Å². The van der Waals surface area contributed by atoms with Gasteiger partial charge in [0, 0.05) is 18.3 Å². The number of nitrogens with zero attached hydrogens (tertiary/aromatic N) is 2. The molecule has 0 radical (unpaired) electrons. The van der Waals surface area contributed by atoms with Crippen LogP contribution in [0.1, 0.15) is 11.1 Å². The highest BCUT2D eigenvalue weighted by molar-refractivity contribution is 7.90. The molecule has 0 aliphatic carbocycles. The van der Waals surface area contributed by atoms with E-state index in [2.05, 4.69) is 4.98 Å².